The first-order valence-electron chi connectivity index (χ1n) is 6.90. The van der Waals surface area contributed by atoms with Crippen molar-refractivity contribution < 1.29 is 23.4 Å². The number of hydrogen-bond donors (Lipinski definition) is 2. The number of aliphatic hydroxyl groups is 1. The Kier molecular flexibility index (Phi) is 3.67. The largest absolute Gasteiger partial charge is 0.490 e. The monoisotopic (exact) mass is 298 g/mol. The fourth-order valence-corrected chi connectivity index (χ4v) is 2.77. The minimum Gasteiger partial charge on any atom is -0.490 e. The number of urea groups is 1. The molecular formula is C14H16F2N2O3. The highest BCUT2D eigenvalue weighted by atomic mass is 19.1. The number of piperidine rings is 1. The first-order chi connectivity index (χ1) is 10.0. The first-order valence-corrected chi connectivity index (χ1v) is 6.90. The molecular weight excluding hydrogens is 282 g/mol. The van der Waals surface area contributed by atoms with Gasteiger partial charge < -0.3 is 20.1 Å². The van der Waals surface area contributed by atoms with Crippen LogP contribution < -0.4 is 10.1 Å². The van der Waals surface area contributed by atoms with Gasteiger partial charge in [0.2, 0.25) is 0 Å². The van der Waals surface area contributed by atoms with E-state index in [0.29, 0.717) is 13.0 Å². The number of aliphatic hydroxyl groups excluding tert-OH is 1. The van der Waals surface area contributed by atoms with Crippen LogP contribution in [0.5, 0.6) is 5.75 Å². The van der Waals surface area contributed by atoms with Gasteiger partial charge in [-0.3, -0.25) is 0 Å². The summed E-state index contributed by atoms with van der Waals surface area (Å²) in [4.78, 5) is 13.6. The van der Waals surface area contributed by atoms with Crippen molar-refractivity contribution >= 4 is 6.03 Å². The van der Waals surface area contributed by atoms with Crippen molar-refractivity contribution in [3.05, 3.63) is 29.3 Å². The molecule has 2 N–H and O–H groups in total. The number of β-amino-alcohol motifs (C(OH)–C–C–N with tert-alkyl or cyclic N) is 1. The Labute approximate surface area is 120 Å². The second-order valence-electron chi connectivity index (χ2n) is 5.35. The van der Waals surface area contributed by atoms with Gasteiger partial charge in [-0.2, -0.15) is 0 Å². The van der Waals surface area contributed by atoms with Gasteiger partial charge in [0.15, 0.2) is 0 Å². The molecule has 21 heavy (non-hydrogen) atoms. The summed E-state index contributed by atoms with van der Waals surface area (Å²) < 4.78 is 32.2. The van der Waals surface area contributed by atoms with Crippen LogP contribution in [0.15, 0.2) is 12.1 Å². The van der Waals surface area contributed by atoms with E-state index in [2.05, 4.69) is 5.32 Å². The van der Waals surface area contributed by atoms with Gasteiger partial charge in [0.25, 0.3) is 0 Å². The number of nitrogens with one attached hydrogen (secondary N) is 1. The number of halogens is 2. The van der Waals surface area contributed by atoms with E-state index >= 15 is 0 Å². The molecule has 0 aromatic heterocycles. The summed E-state index contributed by atoms with van der Waals surface area (Å²) in [6, 6.07) is 0.859. The van der Waals surface area contributed by atoms with Crippen LogP contribution >= 0.6 is 0 Å². The van der Waals surface area contributed by atoms with Crippen molar-refractivity contribution in [1.29, 1.82) is 0 Å². The molecule has 0 aliphatic carbocycles. The van der Waals surface area contributed by atoms with Crippen LogP contribution in [0, 0.1) is 11.6 Å². The lowest BCUT2D eigenvalue weighted by atomic mass is 10.1. The molecule has 0 saturated carbocycles. The molecule has 0 unspecified atom stereocenters. The van der Waals surface area contributed by atoms with E-state index in [1.54, 1.807) is 0 Å². The lowest BCUT2D eigenvalue weighted by molar-refractivity contribution is 0.0829. The van der Waals surface area contributed by atoms with Crippen LogP contribution in [0.1, 0.15) is 24.4 Å². The molecule has 2 atom stereocenters. The SMILES string of the molecule is O=C(N[C@@H]1COc2cc(F)cc(F)c21)N1CCC[C@H](O)C1. The molecule has 1 fully saturated rings. The quantitative estimate of drug-likeness (QED) is 0.827. The van der Waals surface area contributed by atoms with Gasteiger partial charge in [0.1, 0.15) is 24.0 Å². The van der Waals surface area contributed by atoms with Gasteiger partial charge in [-0.15, -0.1) is 0 Å². The molecule has 2 heterocycles. The van der Waals surface area contributed by atoms with Crippen LogP contribution in [-0.2, 0) is 0 Å². The minimum absolute atomic E-state index is 0.0673. The molecule has 114 valence electrons. The minimum atomic E-state index is -0.730. The number of likely N-dealkylation sites (tertiary alicyclic amines) is 1. The fraction of sp³-hybridized carbons (Fsp3) is 0.500. The maximum absolute atomic E-state index is 13.8. The van der Waals surface area contributed by atoms with Crippen molar-refractivity contribution in [2.75, 3.05) is 19.7 Å². The van der Waals surface area contributed by atoms with E-state index in [4.69, 9.17) is 4.74 Å². The van der Waals surface area contributed by atoms with Crippen LogP contribution in [0.25, 0.3) is 0 Å². The highest BCUT2D eigenvalue weighted by molar-refractivity contribution is 5.75. The molecule has 0 radical (unpaired) electrons. The van der Waals surface area contributed by atoms with Gasteiger partial charge in [0, 0.05) is 25.2 Å². The Morgan fingerprint density at radius 2 is 2.24 bits per heavy atom. The number of carbonyl (C=O) groups is 1. The van der Waals surface area contributed by atoms with E-state index in [1.807, 2.05) is 0 Å². The van der Waals surface area contributed by atoms with Crippen LogP contribution in [0.3, 0.4) is 0 Å². The summed E-state index contributed by atoms with van der Waals surface area (Å²) in [6.45, 7) is 0.880. The molecule has 2 aliphatic heterocycles. The molecule has 7 heteroatoms. The second-order valence-corrected chi connectivity index (χ2v) is 5.35. The van der Waals surface area contributed by atoms with Crippen LogP contribution in [0.4, 0.5) is 13.6 Å². The third kappa shape index (κ3) is 2.78. The number of hydrogen-bond acceptors (Lipinski definition) is 3. The van der Waals surface area contributed by atoms with E-state index in [1.165, 1.54) is 4.90 Å². The maximum Gasteiger partial charge on any atom is 0.318 e. The van der Waals surface area contributed by atoms with Gasteiger partial charge in [-0.05, 0) is 12.8 Å². The maximum atomic E-state index is 13.8. The van der Waals surface area contributed by atoms with Gasteiger partial charge in [-0.25, -0.2) is 13.6 Å². The topological polar surface area (TPSA) is 61.8 Å². The lowest BCUT2D eigenvalue weighted by Crippen LogP contribution is -2.48. The standard InChI is InChI=1S/C14H16F2N2O3/c15-8-4-10(16)13-11(7-21-12(13)5-8)17-14(20)18-3-1-2-9(19)6-18/h4-5,9,11,19H,1-3,6-7H2,(H,17,20)/t9-,11+/m0/s1. The average molecular weight is 298 g/mol. The Hall–Kier alpha value is -1.89. The smallest absolute Gasteiger partial charge is 0.318 e. The average Bonchev–Trinajstić information content (AvgIpc) is 2.81. The normalized spacial score (nSPS) is 24.4. The molecule has 5 nitrogen and oxygen atoms in total. The second kappa shape index (κ2) is 5.48. The molecule has 1 saturated heterocycles. The molecule has 2 aliphatic rings. The lowest BCUT2D eigenvalue weighted by Gasteiger charge is -2.31. The molecule has 1 aromatic rings. The summed E-state index contributed by atoms with van der Waals surface area (Å²) in [7, 11) is 0. The molecule has 0 spiro atoms. The number of nitrogens with zero attached hydrogens (tertiary/aromatic N) is 1. The number of amides is 2. The Balaban J connectivity index is 1.72. The number of benzene rings is 1. The van der Waals surface area contributed by atoms with Crippen molar-refractivity contribution in [2.45, 2.75) is 25.0 Å². The molecule has 2 amide bonds. The molecule has 1 aromatic carbocycles. The Morgan fingerprint density at radius 3 is 3.00 bits per heavy atom. The third-order valence-corrected chi connectivity index (χ3v) is 3.79. The zero-order chi connectivity index (χ0) is 15.0. The van der Waals surface area contributed by atoms with Crippen molar-refractivity contribution in [2.24, 2.45) is 0 Å². The van der Waals surface area contributed by atoms with Crippen molar-refractivity contribution in [3.63, 3.8) is 0 Å². The summed E-state index contributed by atoms with van der Waals surface area (Å²) in [5.74, 6) is -1.32. The molecule has 3 rings (SSSR count). The highest BCUT2D eigenvalue weighted by Crippen LogP contribution is 2.35. The van der Waals surface area contributed by atoms with E-state index in [-0.39, 0.29) is 30.5 Å². The van der Waals surface area contributed by atoms with E-state index in [9.17, 15) is 18.7 Å². The van der Waals surface area contributed by atoms with Crippen molar-refractivity contribution in [1.82, 2.24) is 10.2 Å². The number of fused-ring (bicyclic) bond motifs is 1. The number of ether oxygens (including phenoxy) is 1. The summed E-state index contributed by atoms with van der Waals surface area (Å²) in [6.07, 6.45) is 0.876. The third-order valence-electron chi connectivity index (χ3n) is 3.79. The summed E-state index contributed by atoms with van der Waals surface area (Å²) in [5.41, 5.74) is 0.169. The van der Waals surface area contributed by atoms with E-state index in [0.717, 1.165) is 18.6 Å². The van der Waals surface area contributed by atoms with E-state index < -0.39 is 23.8 Å². The van der Waals surface area contributed by atoms with Crippen LogP contribution in [-0.4, -0.2) is 41.8 Å². The van der Waals surface area contributed by atoms with Gasteiger partial charge >= 0.3 is 6.03 Å². The first kappa shape index (κ1) is 14.1. The van der Waals surface area contributed by atoms with Gasteiger partial charge in [-0.1, -0.05) is 0 Å². The van der Waals surface area contributed by atoms with Crippen molar-refractivity contribution in [3.8, 4) is 5.75 Å². The number of carbonyl (C=O) groups excluding carboxylic acids is 1. The number of rotatable bonds is 1. The predicted octanol–water partition coefficient (Wildman–Crippen LogP) is 1.56. The van der Waals surface area contributed by atoms with Gasteiger partial charge in [0.05, 0.1) is 17.7 Å². The molecule has 0 bridgehead atoms. The predicted molar refractivity (Wildman–Crippen MR) is 69.9 cm³/mol. The Morgan fingerprint density at radius 1 is 1.43 bits per heavy atom. The summed E-state index contributed by atoms with van der Waals surface area (Å²) >= 11 is 0. The Bertz CT molecular complexity index is 567. The zero-order valence-corrected chi connectivity index (χ0v) is 11.3. The zero-order valence-electron chi connectivity index (χ0n) is 11.3. The van der Waals surface area contributed by atoms with Crippen LogP contribution in [0.2, 0.25) is 0 Å². The fourth-order valence-electron chi connectivity index (χ4n) is 2.77. The summed E-state index contributed by atoms with van der Waals surface area (Å²) in [5, 5.41) is 12.2. The highest BCUT2D eigenvalue weighted by Gasteiger charge is 2.32.